The van der Waals surface area contributed by atoms with Gasteiger partial charge in [-0.1, -0.05) is 11.2 Å². The Hall–Kier alpha value is -3.62. The number of nitrogens with one attached hydrogen (secondary N) is 1. The van der Waals surface area contributed by atoms with Crippen LogP contribution in [-0.4, -0.2) is 35.7 Å². The van der Waals surface area contributed by atoms with E-state index in [4.69, 9.17) is 18.4 Å². The molecule has 0 saturated carbocycles. The predicted molar refractivity (Wildman–Crippen MR) is 97.6 cm³/mol. The molecule has 2 aromatic heterocycles. The second-order valence-electron chi connectivity index (χ2n) is 5.90. The number of hydrogen-bond donors (Lipinski definition) is 1. The van der Waals surface area contributed by atoms with Gasteiger partial charge in [0.25, 0.3) is 5.91 Å². The number of aryl methyl sites for hydroxylation is 2. The minimum absolute atomic E-state index is 0.000828. The fourth-order valence-electron chi connectivity index (χ4n) is 2.40. The Morgan fingerprint density at radius 2 is 2.11 bits per heavy atom. The van der Waals surface area contributed by atoms with Crippen LogP contribution in [0.1, 0.15) is 17.9 Å². The van der Waals surface area contributed by atoms with Crippen molar-refractivity contribution in [2.45, 2.75) is 19.8 Å². The van der Waals surface area contributed by atoms with Crippen LogP contribution in [0.2, 0.25) is 0 Å². The summed E-state index contributed by atoms with van der Waals surface area (Å²) in [7, 11) is 1.51. The number of amides is 1. The summed E-state index contributed by atoms with van der Waals surface area (Å²) in [6.45, 7) is 1.49. The number of carbonyl (C=O) groups excluding carboxylic acids is 2. The zero-order valence-electron chi connectivity index (χ0n) is 15.4. The maximum Gasteiger partial charge on any atom is 0.306 e. The zero-order valence-corrected chi connectivity index (χ0v) is 15.4. The zero-order chi connectivity index (χ0) is 19.9. The van der Waals surface area contributed by atoms with Crippen LogP contribution >= 0.6 is 0 Å². The third-order valence-corrected chi connectivity index (χ3v) is 3.75. The summed E-state index contributed by atoms with van der Waals surface area (Å²) in [6, 6.07) is 8.79. The summed E-state index contributed by atoms with van der Waals surface area (Å²) < 4.78 is 20.4. The Morgan fingerprint density at radius 1 is 1.25 bits per heavy atom. The van der Waals surface area contributed by atoms with E-state index in [1.54, 1.807) is 24.3 Å². The number of benzene rings is 1. The number of hydrogen-bond acceptors (Lipinski definition) is 8. The van der Waals surface area contributed by atoms with Crippen LogP contribution in [0, 0.1) is 6.92 Å². The van der Waals surface area contributed by atoms with Gasteiger partial charge in [0.2, 0.25) is 11.7 Å². The topological polar surface area (TPSA) is 117 Å². The van der Waals surface area contributed by atoms with E-state index in [2.05, 4.69) is 15.5 Å². The van der Waals surface area contributed by atoms with Gasteiger partial charge in [-0.05, 0) is 36.8 Å². The number of anilines is 1. The van der Waals surface area contributed by atoms with Gasteiger partial charge in [0.05, 0.1) is 25.5 Å². The summed E-state index contributed by atoms with van der Waals surface area (Å²) in [5.41, 5.74) is 1.47. The Balaban J connectivity index is 1.44. The third-order valence-electron chi connectivity index (χ3n) is 3.75. The molecular formula is C19H19N3O6. The van der Waals surface area contributed by atoms with E-state index in [0.717, 1.165) is 5.56 Å². The van der Waals surface area contributed by atoms with Crippen LogP contribution in [0.5, 0.6) is 5.75 Å². The number of methoxy groups -OCH3 is 1. The van der Waals surface area contributed by atoms with Crippen molar-refractivity contribution in [3.05, 3.63) is 48.0 Å². The van der Waals surface area contributed by atoms with Crippen molar-refractivity contribution in [3.63, 3.8) is 0 Å². The number of carbonyl (C=O) groups is 2. The maximum atomic E-state index is 12.0. The van der Waals surface area contributed by atoms with Crippen molar-refractivity contribution >= 4 is 17.6 Å². The lowest BCUT2D eigenvalue weighted by atomic mass is 10.2. The lowest BCUT2D eigenvalue weighted by Gasteiger charge is -2.11. The van der Waals surface area contributed by atoms with E-state index >= 15 is 0 Å². The van der Waals surface area contributed by atoms with Gasteiger partial charge in [-0.15, -0.1) is 0 Å². The Kier molecular flexibility index (Phi) is 6.05. The highest BCUT2D eigenvalue weighted by molar-refractivity contribution is 5.94. The molecule has 2 heterocycles. The number of aromatic nitrogens is 2. The van der Waals surface area contributed by atoms with Gasteiger partial charge in [-0.3, -0.25) is 9.59 Å². The Bertz CT molecular complexity index is 948. The minimum atomic E-state index is -0.552. The average Bonchev–Trinajstić information content (AvgIpc) is 3.36. The van der Waals surface area contributed by atoms with E-state index in [1.165, 1.54) is 13.4 Å². The normalized spacial score (nSPS) is 10.5. The first-order valence-electron chi connectivity index (χ1n) is 8.51. The van der Waals surface area contributed by atoms with Gasteiger partial charge in [-0.2, -0.15) is 4.98 Å². The largest absolute Gasteiger partial charge is 0.495 e. The summed E-state index contributed by atoms with van der Waals surface area (Å²) in [5, 5.41) is 6.43. The van der Waals surface area contributed by atoms with Crippen molar-refractivity contribution in [3.8, 4) is 17.3 Å². The quantitative estimate of drug-likeness (QED) is 0.588. The first-order valence-corrected chi connectivity index (χ1v) is 8.51. The first kappa shape index (κ1) is 19.2. The highest BCUT2D eigenvalue weighted by Gasteiger charge is 2.14. The number of esters is 1. The number of ether oxygens (including phenoxy) is 2. The van der Waals surface area contributed by atoms with Crippen molar-refractivity contribution in [1.82, 2.24) is 10.1 Å². The monoisotopic (exact) mass is 385 g/mol. The molecule has 0 unspecified atom stereocenters. The highest BCUT2D eigenvalue weighted by Crippen LogP contribution is 2.25. The molecule has 1 N–H and O–H groups in total. The van der Waals surface area contributed by atoms with Crippen LogP contribution in [0.15, 0.2) is 45.5 Å². The SMILES string of the molecule is COc1ccc(C)cc1NC(=O)COC(=O)CCc1nc(-c2ccco2)no1. The van der Waals surface area contributed by atoms with Gasteiger partial charge in [-0.25, -0.2) is 0 Å². The van der Waals surface area contributed by atoms with Crippen LogP contribution in [0.25, 0.3) is 11.6 Å². The lowest BCUT2D eigenvalue weighted by molar-refractivity contribution is -0.147. The molecule has 3 aromatic rings. The lowest BCUT2D eigenvalue weighted by Crippen LogP contribution is -2.21. The van der Waals surface area contributed by atoms with Crippen LogP contribution in [0.4, 0.5) is 5.69 Å². The molecule has 0 fully saturated rings. The van der Waals surface area contributed by atoms with Gasteiger partial charge in [0.1, 0.15) is 5.75 Å². The summed E-state index contributed by atoms with van der Waals surface area (Å²) in [5.74, 6) is 0.561. The number of rotatable bonds is 8. The van der Waals surface area contributed by atoms with Gasteiger partial charge >= 0.3 is 5.97 Å². The van der Waals surface area contributed by atoms with E-state index in [1.807, 2.05) is 13.0 Å². The minimum Gasteiger partial charge on any atom is -0.495 e. The molecular weight excluding hydrogens is 366 g/mol. The van der Waals surface area contributed by atoms with E-state index in [0.29, 0.717) is 23.0 Å². The fraction of sp³-hybridized carbons (Fsp3) is 0.263. The Labute approximate surface area is 160 Å². The molecule has 0 aliphatic carbocycles. The molecule has 28 heavy (non-hydrogen) atoms. The molecule has 0 aliphatic rings. The molecule has 9 heteroatoms. The highest BCUT2D eigenvalue weighted by atomic mass is 16.5. The molecule has 0 aliphatic heterocycles. The van der Waals surface area contributed by atoms with Crippen LogP contribution < -0.4 is 10.1 Å². The molecule has 3 rings (SSSR count). The summed E-state index contributed by atoms with van der Waals surface area (Å²) in [6.07, 6.45) is 1.70. The molecule has 146 valence electrons. The summed E-state index contributed by atoms with van der Waals surface area (Å²) in [4.78, 5) is 28.0. The standard InChI is InChI=1S/C19H19N3O6/c1-12-5-6-14(25-2)13(10-12)20-16(23)11-27-18(24)8-7-17-21-19(22-28-17)15-4-3-9-26-15/h3-6,9-10H,7-8,11H2,1-2H3,(H,20,23). The van der Waals surface area contributed by atoms with E-state index in [-0.39, 0.29) is 18.7 Å². The van der Waals surface area contributed by atoms with E-state index in [9.17, 15) is 9.59 Å². The van der Waals surface area contributed by atoms with Crippen molar-refractivity contribution in [2.75, 3.05) is 19.0 Å². The first-order chi connectivity index (χ1) is 13.5. The maximum absolute atomic E-state index is 12.0. The molecule has 0 radical (unpaired) electrons. The molecule has 9 nitrogen and oxygen atoms in total. The third kappa shape index (κ3) is 4.97. The van der Waals surface area contributed by atoms with E-state index < -0.39 is 18.5 Å². The van der Waals surface area contributed by atoms with Crippen molar-refractivity contribution < 1.29 is 28.0 Å². The van der Waals surface area contributed by atoms with Crippen molar-refractivity contribution in [1.29, 1.82) is 0 Å². The molecule has 0 atom stereocenters. The predicted octanol–water partition coefficient (Wildman–Crippen LogP) is 2.76. The average molecular weight is 385 g/mol. The smallest absolute Gasteiger partial charge is 0.306 e. The van der Waals surface area contributed by atoms with Gasteiger partial charge in [0, 0.05) is 6.42 Å². The number of nitrogens with zero attached hydrogens (tertiary/aromatic N) is 2. The van der Waals surface area contributed by atoms with Gasteiger partial charge < -0.3 is 23.7 Å². The van der Waals surface area contributed by atoms with Crippen LogP contribution in [-0.2, 0) is 20.7 Å². The van der Waals surface area contributed by atoms with Crippen LogP contribution in [0.3, 0.4) is 0 Å². The molecule has 0 saturated heterocycles. The summed E-state index contributed by atoms with van der Waals surface area (Å²) >= 11 is 0. The molecule has 0 bridgehead atoms. The second kappa shape index (κ2) is 8.85. The van der Waals surface area contributed by atoms with Gasteiger partial charge in [0.15, 0.2) is 12.4 Å². The second-order valence-corrected chi connectivity index (χ2v) is 5.90. The molecule has 1 aromatic carbocycles. The number of furan rings is 1. The fourth-order valence-corrected chi connectivity index (χ4v) is 2.40. The molecule has 1 amide bonds. The van der Waals surface area contributed by atoms with Crippen molar-refractivity contribution in [2.24, 2.45) is 0 Å². The molecule has 0 spiro atoms. The Morgan fingerprint density at radius 3 is 2.86 bits per heavy atom.